The monoisotopic (exact) mass is 282 g/mol. The summed E-state index contributed by atoms with van der Waals surface area (Å²) in [5.41, 5.74) is -0.739. The standard InChI is InChI=1S/C16H30N2O2/c1-12(2)10-18(14-6-4-5-7-14)11-16(17-3,15(19)20)13-8-9-13/h12-14,17H,4-11H2,1-3H3,(H,19,20). The van der Waals surface area contributed by atoms with Crippen LogP contribution in [0, 0.1) is 11.8 Å². The summed E-state index contributed by atoms with van der Waals surface area (Å²) in [5.74, 6) is 0.216. The van der Waals surface area contributed by atoms with Gasteiger partial charge in [0.15, 0.2) is 0 Å². The summed E-state index contributed by atoms with van der Waals surface area (Å²) in [6.45, 7) is 6.11. The molecule has 20 heavy (non-hydrogen) atoms. The summed E-state index contributed by atoms with van der Waals surface area (Å²) in [7, 11) is 1.81. The van der Waals surface area contributed by atoms with Crippen LogP contribution in [0.1, 0.15) is 52.4 Å². The van der Waals surface area contributed by atoms with Crippen molar-refractivity contribution < 1.29 is 9.90 Å². The Morgan fingerprint density at radius 3 is 2.30 bits per heavy atom. The third kappa shape index (κ3) is 3.34. The number of hydrogen-bond donors (Lipinski definition) is 2. The summed E-state index contributed by atoms with van der Waals surface area (Å²) < 4.78 is 0. The molecule has 0 spiro atoms. The summed E-state index contributed by atoms with van der Waals surface area (Å²) in [5, 5.41) is 12.9. The van der Waals surface area contributed by atoms with Gasteiger partial charge in [-0.15, -0.1) is 0 Å². The zero-order valence-electron chi connectivity index (χ0n) is 13.2. The van der Waals surface area contributed by atoms with Gasteiger partial charge in [0.2, 0.25) is 0 Å². The molecule has 0 aromatic rings. The van der Waals surface area contributed by atoms with Gasteiger partial charge in [0.05, 0.1) is 0 Å². The number of nitrogens with zero attached hydrogens (tertiary/aromatic N) is 1. The quantitative estimate of drug-likeness (QED) is 0.717. The SMILES string of the molecule is CNC(CN(CC(C)C)C1CCCC1)(C(=O)O)C1CC1. The van der Waals surface area contributed by atoms with Crippen LogP contribution in [0.25, 0.3) is 0 Å². The molecular formula is C16H30N2O2. The topological polar surface area (TPSA) is 52.6 Å². The number of carboxylic acids is 1. The first kappa shape index (κ1) is 15.8. The van der Waals surface area contributed by atoms with Crippen LogP contribution in [0.2, 0.25) is 0 Å². The first-order valence-corrected chi connectivity index (χ1v) is 8.16. The van der Waals surface area contributed by atoms with E-state index in [-0.39, 0.29) is 0 Å². The molecule has 116 valence electrons. The van der Waals surface area contributed by atoms with Gasteiger partial charge in [0, 0.05) is 19.1 Å². The molecular weight excluding hydrogens is 252 g/mol. The van der Waals surface area contributed by atoms with Crippen molar-refractivity contribution in [1.29, 1.82) is 0 Å². The third-order valence-electron chi connectivity index (χ3n) is 5.00. The Morgan fingerprint density at radius 1 is 1.30 bits per heavy atom. The van der Waals surface area contributed by atoms with Gasteiger partial charge in [-0.1, -0.05) is 26.7 Å². The zero-order chi connectivity index (χ0) is 14.8. The van der Waals surface area contributed by atoms with Crippen molar-refractivity contribution in [3.05, 3.63) is 0 Å². The lowest BCUT2D eigenvalue weighted by Crippen LogP contribution is -2.61. The molecule has 1 atom stereocenters. The van der Waals surface area contributed by atoms with Crippen LogP contribution in [0.15, 0.2) is 0 Å². The molecule has 2 saturated carbocycles. The van der Waals surface area contributed by atoms with E-state index in [1.807, 2.05) is 7.05 Å². The largest absolute Gasteiger partial charge is 0.480 e. The van der Waals surface area contributed by atoms with Crippen LogP contribution in [0.3, 0.4) is 0 Å². The van der Waals surface area contributed by atoms with Crippen molar-refractivity contribution >= 4 is 5.97 Å². The van der Waals surface area contributed by atoms with Gasteiger partial charge in [-0.2, -0.15) is 0 Å². The summed E-state index contributed by atoms with van der Waals surface area (Å²) >= 11 is 0. The average Bonchev–Trinajstić information content (AvgIpc) is 3.08. The number of carboxylic acid groups (broad SMARTS) is 1. The Bertz CT molecular complexity index is 335. The van der Waals surface area contributed by atoms with E-state index < -0.39 is 11.5 Å². The van der Waals surface area contributed by atoms with E-state index in [9.17, 15) is 9.90 Å². The molecule has 2 N–H and O–H groups in total. The molecule has 2 aliphatic rings. The van der Waals surface area contributed by atoms with Crippen LogP contribution in [-0.4, -0.2) is 47.7 Å². The van der Waals surface area contributed by atoms with Gasteiger partial charge in [-0.25, -0.2) is 0 Å². The Hall–Kier alpha value is -0.610. The highest BCUT2D eigenvalue weighted by Crippen LogP contribution is 2.41. The van der Waals surface area contributed by atoms with E-state index in [4.69, 9.17) is 0 Å². The first-order chi connectivity index (χ1) is 9.49. The van der Waals surface area contributed by atoms with Gasteiger partial charge in [0.25, 0.3) is 0 Å². The molecule has 4 heteroatoms. The fourth-order valence-corrected chi connectivity index (χ4v) is 3.74. The lowest BCUT2D eigenvalue weighted by atomic mass is 9.91. The molecule has 0 amide bonds. The average molecular weight is 282 g/mol. The second-order valence-electron chi connectivity index (χ2n) is 7.06. The van der Waals surface area contributed by atoms with Gasteiger partial charge in [0.1, 0.15) is 5.54 Å². The van der Waals surface area contributed by atoms with Gasteiger partial charge in [-0.3, -0.25) is 9.69 Å². The van der Waals surface area contributed by atoms with Crippen LogP contribution in [0.5, 0.6) is 0 Å². The number of aliphatic carboxylic acids is 1. The summed E-state index contributed by atoms with van der Waals surface area (Å²) in [6.07, 6.45) is 7.15. The van der Waals surface area contributed by atoms with E-state index in [0.29, 0.717) is 24.4 Å². The van der Waals surface area contributed by atoms with Crippen molar-refractivity contribution in [1.82, 2.24) is 10.2 Å². The summed E-state index contributed by atoms with van der Waals surface area (Å²) in [6, 6.07) is 0.586. The van der Waals surface area contributed by atoms with Crippen LogP contribution in [-0.2, 0) is 4.79 Å². The predicted octanol–water partition coefficient (Wildman–Crippen LogP) is 2.34. The molecule has 0 saturated heterocycles. The van der Waals surface area contributed by atoms with Crippen molar-refractivity contribution in [2.75, 3.05) is 20.1 Å². The molecule has 0 radical (unpaired) electrons. The molecule has 0 bridgehead atoms. The number of carbonyl (C=O) groups is 1. The first-order valence-electron chi connectivity index (χ1n) is 8.16. The van der Waals surface area contributed by atoms with Gasteiger partial charge < -0.3 is 10.4 Å². The van der Waals surface area contributed by atoms with E-state index in [1.54, 1.807) is 0 Å². The Kier molecular flexibility index (Phi) is 5.08. The van der Waals surface area contributed by atoms with E-state index in [2.05, 4.69) is 24.1 Å². The molecule has 4 nitrogen and oxygen atoms in total. The summed E-state index contributed by atoms with van der Waals surface area (Å²) in [4.78, 5) is 14.3. The normalized spacial score (nSPS) is 23.4. The maximum atomic E-state index is 11.9. The maximum Gasteiger partial charge on any atom is 0.325 e. The van der Waals surface area contributed by atoms with Gasteiger partial charge in [-0.05, 0) is 44.6 Å². The highest BCUT2D eigenvalue weighted by molar-refractivity contribution is 5.80. The van der Waals surface area contributed by atoms with Gasteiger partial charge >= 0.3 is 5.97 Å². The van der Waals surface area contributed by atoms with Crippen LogP contribution >= 0.6 is 0 Å². The number of hydrogen-bond acceptors (Lipinski definition) is 3. The van der Waals surface area contributed by atoms with Crippen LogP contribution < -0.4 is 5.32 Å². The van der Waals surface area contributed by atoms with E-state index >= 15 is 0 Å². The molecule has 0 aromatic carbocycles. The van der Waals surface area contributed by atoms with E-state index in [1.165, 1.54) is 25.7 Å². The third-order valence-corrected chi connectivity index (χ3v) is 5.00. The fraction of sp³-hybridized carbons (Fsp3) is 0.938. The zero-order valence-corrected chi connectivity index (χ0v) is 13.2. The highest BCUT2D eigenvalue weighted by Gasteiger charge is 2.51. The molecule has 0 heterocycles. The lowest BCUT2D eigenvalue weighted by Gasteiger charge is -2.39. The predicted molar refractivity (Wildman–Crippen MR) is 80.8 cm³/mol. The molecule has 1 unspecified atom stereocenters. The minimum atomic E-state index is -0.739. The van der Waals surface area contributed by atoms with Crippen molar-refractivity contribution in [3.8, 4) is 0 Å². The maximum absolute atomic E-state index is 11.9. The van der Waals surface area contributed by atoms with Crippen LogP contribution in [0.4, 0.5) is 0 Å². The Balaban J connectivity index is 2.12. The smallest absolute Gasteiger partial charge is 0.325 e. The number of likely N-dealkylation sites (N-methyl/N-ethyl adjacent to an activating group) is 1. The minimum absolute atomic E-state index is 0.307. The minimum Gasteiger partial charge on any atom is -0.480 e. The Morgan fingerprint density at radius 2 is 1.90 bits per heavy atom. The van der Waals surface area contributed by atoms with Crippen molar-refractivity contribution in [3.63, 3.8) is 0 Å². The molecule has 2 fully saturated rings. The molecule has 0 aliphatic heterocycles. The second-order valence-corrected chi connectivity index (χ2v) is 7.06. The fourth-order valence-electron chi connectivity index (χ4n) is 3.74. The van der Waals surface area contributed by atoms with Crippen molar-refractivity contribution in [2.45, 2.75) is 64.0 Å². The molecule has 0 aromatic heterocycles. The molecule has 2 rings (SSSR count). The number of rotatable bonds is 8. The number of nitrogens with one attached hydrogen (secondary N) is 1. The molecule has 2 aliphatic carbocycles. The highest BCUT2D eigenvalue weighted by atomic mass is 16.4. The Labute approximate surface area is 122 Å². The lowest BCUT2D eigenvalue weighted by molar-refractivity contribution is -0.147. The van der Waals surface area contributed by atoms with Crippen molar-refractivity contribution in [2.24, 2.45) is 11.8 Å². The second kappa shape index (κ2) is 6.44. The van der Waals surface area contributed by atoms with E-state index in [0.717, 1.165) is 19.4 Å².